The molecule has 198 valence electrons. The maximum atomic E-state index is 13.7. The maximum Gasteiger partial charge on any atom is 0.290 e. The Hall–Kier alpha value is -3.03. The van der Waals surface area contributed by atoms with Gasteiger partial charge in [-0.05, 0) is 69.4 Å². The summed E-state index contributed by atoms with van der Waals surface area (Å²) in [5.74, 6) is 1.01. The van der Waals surface area contributed by atoms with E-state index < -0.39 is 6.04 Å². The van der Waals surface area contributed by atoms with Crippen LogP contribution < -0.4 is 14.9 Å². The van der Waals surface area contributed by atoms with Gasteiger partial charge in [0, 0.05) is 11.6 Å². The van der Waals surface area contributed by atoms with Crippen LogP contribution in [0.5, 0.6) is 11.5 Å². The third kappa shape index (κ3) is 5.78. The van der Waals surface area contributed by atoms with Crippen molar-refractivity contribution in [3.05, 3.63) is 68.5 Å². The summed E-state index contributed by atoms with van der Waals surface area (Å²) in [6.45, 7) is 4.06. The lowest BCUT2D eigenvalue weighted by molar-refractivity contribution is 0.0722. The summed E-state index contributed by atoms with van der Waals surface area (Å²) in [6, 6.07) is 9.88. The molecule has 2 heterocycles. The van der Waals surface area contributed by atoms with Crippen LogP contribution in [0.15, 0.2) is 45.6 Å². The van der Waals surface area contributed by atoms with E-state index in [2.05, 4.69) is 11.8 Å². The SMILES string of the molecule is CCCCCCOc1ccc(C2c3c(oc4ccc(Cl)cc4c3=O)C(=O)N2CCCN(C)C)cc1OC. The van der Waals surface area contributed by atoms with E-state index in [1.54, 1.807) is 30.2 Å². The van der Waals surface area contributed by atoms with Crippen molar-refractivity contribution in [2.75, 3.05) is 40.9 Å². The molecule has 1 amide bonds. The molecule has 0 radical (unpaired) electrons. The predicted octanol–water partition coefficient (Wildman–Crippen LogP) is 5.91. The van der Waals surface area contributed by atoms with Crippen LogP contribution >= 0.6 is 11.6 Å². The Kier molecular flexibility index (Phi) is 8.77. The molecule has 0 aliphatic carbocycles. The summed E-state index contributed by atoms with van der Waals surface area (Å²) in [4.78, 5) is 31.1. The number of ether oxygens (including phenoxy) is 2. The van der Waals surface area contributed by atoms with Crippen LogP contribution in [0.3, 0.4) is 0 Å². The summed E-state index contributed by atoms with van der Waals surface area (Å²) in [5, 5.41) is 0.795. The second kappa shape index (κ2) is 12.0. The van der Waals surface area contributed by atoms with Crippen LogP contribution in [-0.2, 0) is 0 Å². The fourth-order valence-electron chi connectivity index (χ4n) is 4.81. The number of carbonyl (C=O) groups is 1. The normalized spacial score (nSPS) is 15.0. The van der Waals surface area contributed by atoms with Crippen molar-refractivity contribution in [1.82, 2.24) is 9.80 Å². The third-order valence-corrected chi connectivity index (χ3v) is 6.93. The third-order valence-electron chi connectivity index (χ3n) is 6.69. The van der Waals surface area contributed by atoms with E-state index in [-0.39, 0.29) is 17.1 Å². The molecule has 7 nitrogen and oxygen atoms in total. The molecule has 1 aromatic heterocycles. The highest BCUT2D eigenvalue weighted by atomic mass is 35.5. The fraction of sp³-hybridized carbons (Fsp3) is 0.448. The fourth-order valence-corrected chi connectivity index (χ4v) is 4.98. The number of rotatable bonds is 12. The minimum atomic E-state index is -0.600. The average molecular weight is 527 g/mol. The molecule has 1 atom stereocenters. The molecule has 3 aromatic rings. The molecule has 0 saturated carbocycles. The van der Waals surface area contributed by atoms with Crippen LogP contribution in [-0.4, -0.2) is 56.6 Å². The van der Waals surface area contributed by atoms with Crippen molar-refractivity contribution in [2.24, 2.45) is 0 Å². The van der Waals surface area contributed by atoms with Crippen molar-refractivity contribution in [2.45, 2.75) is 45.1 Å². The molecule has 0 spiro atoms. The first-order valence-corrected chi connectivity index (χ1v) is 13.3. The van der Waals surface area contributed by atoms with Gasteiger partial charge in [-0.15, -0.1) is 0 Å². The molecule has 0 bridgehead atoms. The number of methoxy groups -OCH3 is 1. The second-order valence-electron chi connectivity index (χ2n) is 9.69. The number of fused-ring (bicyclic) bond motifs is 2. The molecular formula is C29H35ClN2O5. The van der Waals surface area contributed by atoms with Gasteiger partial charge in [-0.1, -0.05) is 43.9 Å². The van der Waals surface area contributed by atoms with Gasteiger partial charge in [0.05, 0.1) is 30.7 Å². The number of hydrogen-bond acceptors (Lipinski definition) is 6. The van der Waals surface area contributed by atoms with E-state index in [9.17, 15) is 9.59 Å². The van der Waals surface area contributed by atoms with Crippen LogP contribution in [0, 0.1) is 0 Å². The van der Waals surface area contributed by atoms with Crippen molar-refractivity contribution < 1.29 is 18.7 Å². The molecule has 1 aliphatic rings. The minimum Gasteiger partial charge on any atom is -0.493 e. The molecule has 0 N–H and O–H groups in total. The number of halogens is 1. The first-order chi connectivity index (χ1) is 17.8. The highest BCUT2D eigenvalue weighted by Crippen LogP contribution is 2.41. The van der Waals surface area contributed by atoms with Gasteiger partial charge in [-0.25, -0.2) is 0 Å². The zero-order chi connectivity index (χ0) is 26.5. The van der Waals surface area contributed by atoms with E-state index in [1.165, 1.54) is 12.8 Å². The van der Waals surface area contributed by atoms with Gasteiger partial charge in [0.2, 0.25) is 5.76 Å². The smallest absolute Gasteiger partial charge is 0.290 e. The Morgan fingerprint density at radius 2 is 1.84 bits per heavy atom. The molecular weight excluding hydrogens is 492 g/mol. The largest absolute Gasteiger partial charge is 0.493 e. The number of unbranched alkanes of at least 4 members (excludes halogenated alkanes) is 3. The topological polar surface area (TPSA) is 72.2 Å². The molecule has 0 saturated heterocycles. The molecule has 1 aliphatic heterocycles. The molecule has 1 unspecified atom stereocenters. The van der Waals surface area contributed by atoms with Gasteiger partial charge in [-0.2, -0.15) is 0 Å². The summed E-state index contributed by atoms with van der Waals surface area (Å²) < 4.78 is 17.6. The Morgan fingerprint density at radius 1 is 1.03 bits per heavy atom. The van der Waals surface area contributed by atoms with Crippen LogP contribution in [0.4, 0.5) is 0 Å². The summed E-state index contributed by atoms with van der Waals surface area (Å²) in [6.07, 6.45) is 5.19. The Morgan fingerprint density at radius 3 is 2.57 bits per heavy atom. The molecule has 8 heteroatoms. The van der Waals surface area contributed by atoms with E-state index in [0.717, 1.165) is 31.4 Å². The van der Waals surface area contributed by atoms with Gasteiger partial charge < -0.3 is 23.7 Å². The number of amides is 1. The zero-order valence-electron chi connectivity index (χ0n) is 22.0. The molecule has 4 rings (SSSR count). The van der Waals surface area contributed by atoms with Crippen LogP contribution in [0.25, 0.3) is 11.0 Å². The number of nitrogens with zero attached hydrogens (tertiary/aromatic N) is 2. The highest BCUT2D eigenvalue weighted by Gasteiger charge is 2.42. The highest BCUT2D eigenvalue weighted by molar-refractivity contribution is 6.31. The van der Waals surface area contributed by atoms with Gasteiger partial charge in [0.15, 0.2) is 16.9 Å². The van der Waals surface area contributed by atoms with Crippen LogP contribution in [0.2, 0.25) is 5.02 Å². The van der Waals surface area contributed by atoms with Gasteiger partial charge in [0.1, 0.15) is 5.58 Å². The first-order valence-electron chi connectivity index (χ1n) is 12.9. The summed E-state index contributed by atoms with van der Waals surface area (Å²) in [5.41, 5.74) is 1.20. The van der Waals surface area contributed by atoms with Gasteiger partial charge in [0.25, 0.3) is 5.91 Å². The predicted molar refractivity (Wildman–Crippen MR) is 146 cm³/mol. The Balaban J connectivity index is 1.74. The Labute approximate surface area is 222 Å². The molecule has 2 aromatic carbocycles. The lowest BCUT2D eigenvalue weighted by Gasteiger charge is -2.26. The Bertz CT molecular complexity index is 1320. The van der Waals surface area contributed by atoms with Gasteiger partial charge >= 0.3 is 0 Å². The quantitative estimate of drug-likeness (QED) is 0.273. The van der Waals surface area contributed by atoms with E-state index >= 15 is 0 Å². The number of hydrogen-bond donors (Lipinski definition) is 0. The van der Waals surface area contributed by atoms with Gasteiger partial charge in [-0.3, -0.25) is 9.59 Å². The lowest BCUT2D eigenvalue weighted by Crippen LogP contribution is -2.32. The zero-order valence-corrected chi connectivity index (χ0v) is 22.8. The molecule has 37 heavy (non-hydrogen) atoms. The number of carbonyl (C=O) groups excluding carboxylic acids is 1. The standard InChI is InChI=1S/C29H35ClN2O5/c1-5-6-7-8-16-36-23-12-10-19(17-24(23)35-4)26-25-27(33)21-18-20(30)11-13-22(21)37-28(25)29(34)32(26)15-9-14-31(2)3/h10-13,17-18,26H,5-9,14-16H2,1-4H3. The van der Waals surface area contributed by atoms with Crippen LogP contribution in [0.1, 0.15) is 66.8 Å². The van der Waals surface area contributed by atoms with Crippen molar-refractivity contribution >= 4 is 28.5 Å². The monoisotopic (exact) mass is 526 g/mol. The summed E-state index contributed by atoms with van der Waals surface area (Å²) >= 11 is 6.18. The second-order valence-corrected chi connectivity index (χ2v) is 10.1. The van der Waals surface area contributed by atoms with Crippen molar-refractivity contribution in [3.63, 3.8) is 0 Å². The van der Waals surface area contributed by atoms with E-state index in [1.807, 2.05) is 32.3 Å². The minimum absolute atomic E-state index is 0.0879. The van der Waals surface area contributed by atoms with E-state index in [0.29, 0.717) is 46.2 Å². The maximum absolute atomic E-state index is 13.7. The summed E-state index contributed by atoms with van der Waals surface area (Å²) in [7, 11) is 5.58. The first kappa shape index (κ1) is 27.0. The van der Waals surface area contributed by atoms with E-state index in [4.69, 9.17) is 25.5 Å². The van der Waals surface area contributed by atoms with Crippen molar-refractivity contribution in [1.29, 1.82) is 0 Å². The average Bonchev–Trinajstić information content (AvgIpc) is 3.16. The lowest BCUT2D eigenvalue weighted by atomic mass is 9.98. The van der Waals surface area contributed by atoms with Crippen molar-refractivity contribution in [3.8, 4) is 11.5 Å². The molecule has 0 fully saturated rings. The number of benzene rings is 2.